The zero-order valence-corrected chi connectivity index (χ0v) is 18.3. The summed E-state index contributed by atoms with van der Waals surface area (Å²) in [4.78, 5) is 12.3. The van der Waals surface area contributed by atoms with E-state index in [-0.39, 0.29) is 12.3 Å². The Morgan fingerprint density at radius 1 is 1.21 bits per heavy atom. The number of nitrogens with zero attached hydrogens (tertiary/aromatic N) is 4. The van der Waals surface area contributed by atoms with Crippen molar-refractivity contribution in [2.24, 2.45) is 18.5 Å². The number of amides is 1. The monoisotopic (exact) mass is 418 g/mol. The molecule has 0 atom stereocenters. The molecule has 0 aliphatic heterocycles. The van der Waals surface area contributed by atoms with E-state index in [4.69, 9.17) is 11.5 Å². The van der Waals surface area contributed by atoms with Gasteiger partial charge in [-0.1, -0.05) is 11.3 Å². The van der Waals surface area contributed by atoms with Gasteiger partial charge in [0, 0.05) is 37.5 Å². The number of nitrogens with two attached hydrogens (primary N) is 2. The molecule has 0 saturated heterocycles. The van der Waals surface area contributed by atoms with Crippen molar-refractivity contribution >= 4 is 22.4 Å². The second kappa shape index (κ2) is 10.6. The molecule has 1 amide bonds. The molecule has 6 N–H and O–H groups in total. The van der Waals surface area contributed by atoms with Gasteiger partial charge >= 0.3 is 0 Å². The Morgan fingerprint density at radius 2 is 1.97 bits per heavy atom. The predicted octanol–water partition coefficient (Wildman–Crippen LogP) is 1.64. The van der Waals surface area contributed by atoms with Crippen LogP contribution in [0.1, 0.15) is 41.2 Å². The summed E-state index contributed by atoms with van der Waals surface area (Å²) in [6.45, 7) is 3.87. The van der Waals surface area contributed by atoms with Crippen molar-refractivity contribution in [3.63, 3.8) is 0 Å². The Bertz CT molecular complexity index is 896. The van der Waals surface area contributed by atoms with Gasteiger partial charge in [-0.2, -0.15) is 5.10 Å². The number of rotatable bonds is 10. The minimum absolute atomic E-state index is 0.112. The number of unbranched alkanes of at least 4 members (excludes halogenated alkanes) is 1. The number of anilines is 1. The van der Waals surface area contributed by atoms with Crippen LogP contribution in [-0.2, 0) is 24.7 Å². The third-order valence-electron chi connectivity index (χ3n) is 4.58. The third-order valence-corrected chi connectivity index (χ3v) is 5.48. The third kappa shape index (κ3) is 6.90. The Hall–Kier alpha value is -2.88. The van der Waals surface area contributed by atoms with E-state index >= 15 is 0 Å². The van der Waals surface area contributed by atoms with Crippen molar-refractivity contribution in [3.8, 4) is 0 Å². The molecule has 29 heavy (non-hydrogen) atoms. The van der Waals surface area contributed by atoms with E-state index in [1.54, 1.807) is 17.8 Å². The lowest BCUT2D eigenvalue weighted by atomic mass is 10.1. The molecule has 0 fully saturated rings. The van der Waals surface area contributed by atoms with Crippen LogP contribution >= 0.6 is 11.3 Å². The van der Waals surface area contributed by atoms with Crippen LogP contribution in [0.4, 0.5) is 5.13 Å². The number of hydrogen-bond acceptors (Lipinski definition) is 8. The van der Waals surface area contributed by atoms with Crippen LogP contribution in [0.15, 0.2) is 23.7 Å². The van der Waals surface area contributed by atoms with E-state index in [2.05, 4.69) is 25.9 Å². The summed E-state index contributed by atoms with van der Waals surface area (Å²) in [6, 6.07) is 0. The van der Waals surface area contributed by atoms with Gasteiger partial charge in [-0.25, -0.2) is 0 Å². The van der Waals surface area contributed by atoms with Gasteiger partial charge in [0.15, 0.2) is 0 Å². The fraction of sp³-hybridized carbons (Fsp3) is 0.474. The normalized spacial score (nSPS) is 12.3. The van der Waals surface area contributed by atoms with Gasteiger partial charge in [-0.3, -0.25) is 9.48 Å². The Morgan fingerprint density at radius 3 is 2.62 bits per heavy atom. The maximum absolute atomic E-state index is 12.3. The topological polar surface area (TPSA) is 137 Å². The first kappa shape index (κ1) is 22.4. The van der Waals surface area contributed by atoms with E-state index in [0.717, 1.165) is 53.3 Å². The molecular weight excluding hydrogens is 388 g/mol. The molecule has 2 aromatic rings. The maximum Gasteiger partial charge on any atom is 0.230 e. The summed E-state index contributed by atoms with van der Waals surface area (Å²) >= 11 is 1.41. The zero-order chi connectivity index (χ0) is 21.4. The largest absolute Gasteiger partial charge is 0.402 e. The van der Waals surface area contributed by atoms with E-state index < -0.39 is 0 Å². The average molecular weight is 419 g/mol. The van der Waals surface area contributed by atoms with Crippen LogP contribution in [0.2, 0.25) is 0 Å². The summed E-state index contributed by atoms with van der Waals surface area (Å²) in [6.07, 6.45) is 7.32. The van der Waals surface area contributed by atoms with Crippen molar-refractivity contribution in [2.75, 3.05) is 12.4 Å². The maximum atomic E-state index is 12.3. The van der Waals surface area contributed by atoms with E-state index in [1.807, 2.05) is 27.0 Å². The van der Waals surface area contributed by atoms with Gasteiger partial charge in [-0.15, -0.1) is 10.2 Å². The summed E-state index contributed by atoms with van der Waals surface area (Å²) < 4.78 is 1.79. The van der Waals surface area contributed by atoms with Crippen LogP contribution in [0.5, 0.6) is 0 Å². The van der Waals surface area contributed by atoms with Crippen molar-refractivity contribution in [1.29, 1.82) is 0 Å². The molecule has 0 unspecified atom stereocenters. The zero-order valence-electron chi connectivity index (χ0n) is 17.5. The smallest absolute Gasteiger partial charge is 0.230 e. The first-order chi connectivity index (χ1) is 13.8. The van der Waals surface area contributed by atoms with Crippen LogP contribution in [0.3, 0.4) is 0 Å². The molecule has 158 valence electrons. The highest BCUT2D eigenvalue weighted by Gasteiger charge is 2.15. The molecule has 0 spiro atoms. The highest BCUT2D eigenvalue weighted by atomic mass is 32.1. The quantitative estimate of drug-likeness (QED) is 0.340. The fourth-order valence-corrected chi connectivity index (χ4v) is 3.57. The van der Waals surface area contributed by atoms with Crippen LogP contribution in [0.25, 0.3) is 0 Å². The van der Waals surface area contributed by atoms with Gasteiger partial charge in [0.1, 0.15) is 5.01 Å². The van der Waals surface area contributed by atoms with Gasteiger partial charge < -0.3 is 22.1 Å². The first-order valence-corrected chi connectivity index (χ1v) is 10.3. The number of nitrogens with one attached hydrogen (secondary N) is 2. The lowest BCUT2D eigenvalue weighted by Gasteiger charge is -2.02. The highest BCUT2D eigenvalue weighted by molar-refractivity contribution is 7.15. The number of allylic oxidation sites excluding steroid dienone is 3. The summed E-state index contributed by atoms with van der Waals surface area (Å²) in [5.41, 5.74) is 15.2. The van der Waals surface area contributed by atoms with Crippen molar-refractivity contribution in [1.82, 2.24) is 25.3 Å². The van der Waals surface area contributed by atoms with Gasteiger partial charge in [0.2, 0.25) is 11.0 Å². The van der Waals surface area contributed by atoms with Crippen molar-refractivity contribution < 1.29 is 4.79 Å². The summed E-state index contributed by atoms with van der Waals surface area (Å²) in [5.74, 6) is 0.462. The molecule has 0 aliphatic carbocycles. The summed E-state index contributed by atoms with van der Waals surface area (Å²) in [7, 11) is 3.63. The van der Waals surface area contributed by atoms with Gasteiger partial charge in [-0.05, 0) is 45.3 Å². The lowest BCUT2D eigenvalue weighted by Crippen LogP contribution is -2.15. The average Bonchev–Trinajstić information content (AvgIpc) is 3.22. The molecule has 0 radical (unpaired) electrons. The molecular formula is C19H30N8OS. The van der Waals surface area contributed by atoms with E-state index in [0.29, 0.717) is 11.0 Å². The number of carbonyl (C=O) groups excluding carboxylic acids is 1. The lowest BCUT2D eigenvalue weighted by molar-refractivity contribution is -0.115. The number of carbonyl (C=O) groups is 1. The highest BCUT2D eigenvalue weighted by Crippen LogP contribution is 2.19. The van der Waals surface area contributed by atoms with Crippen LogP contribution < -0.4 is 22.1 Å². The second-order valence-corrected chi connectivity index (χ2v) is 7.88. The standard InChI is InChI=1S/C19H30N8OS/c1-12-15(13(2)27(4)26-12)11-17(28)23-19-25-24-18(29-19)8-6-5-7-14(20)9-10-16(21)22-3/h9-10,22H,5-8,11,20-21H2,1-4H3,(H,23,25,28)/b14-9-,16-10+. The molecule has 2 rings (SSSR count). The van der Waals surface area contributed by atoms with Crippen LogP contribution in [0, 0.1) is 13.8 Å². The van der Waals surface area contributed by atoms with Crippen molar-refractivity contribution in [2.45, 2.75) is 46.0 Å². The molecule has 0 aliphatic rings. The number of aromatic nitrogens is 4. The second-order valence-electron chi connectivity index (χ2n) is 6.82. The molecule has 0 saturated carbocycles. The molecule has 2 aromatic heterocycles. The van der Waals surface area contributed by atoms with Gasteiger partial charge in [0.05, 0.1) is 17.9 Å². The molecule has 9 nitrogen and oxygen atoms in total. The minimum Gasteiger partial charge on any atom is -0.402 e. The minimum atomic E-state index is -0.112. The SMILES string of the molecule is CN/C(N)=C/C=C(\N)CCCCc1nnc(NC(=O)Cc2c(C)nn(C)c2C)s1. The van der Waals surface area contributed by atoms with E-state index in [9.17, 15) is 4.79 Å². The van der Waals surface area contributed by atoms with Crippen LogP contribution in [-0.4, -0.2) is 32.9 Å². The number of hydrogen-bond donors (Lipinski definition) is 4. The summed E-state index contributed by atoms with van der Waals surface area (Å²) in [5, 5.41) is 19.7. The Labute approximate surface area is 175 Å². The van der Waals surface area contributed by atoms with E-state index in [1.165, 1.54) is 11.3 Å². The van der Waals surface area contributed by atoms with Crippen molar-refractivity contribution in [3.05, 3.63) is 45.6 Å². The first-order valence-electron chi connectivity index (χ1n) is 9.51. The molecule has 0 bridgehead atoms. The molecule has 2 heterocycles. The molecule has 10 heteroatoms. The Balaban J connectivity index is 1.77. The molecule has 0 aromatic carbocycles. The number of aryl methyl sites for hydroxylation is 3. The van der Waals surface area contributed by atoms with Gasteiger partial charge in [0.25, 0.3) is 0 Å². The fourth-order valence-electron chi connectivity index (χ4n) is 2.77. The Kier molecular flexibility index (Phi) is 8.20. The predicted molar refractivity (Wildman–Crippen MR) is 116 cm³/mol.